The maximum Gasteiger partial charge on any atom is 1.00 e. The van der Waals surface area contributed by atoms with Crippen LogP contribution < -0.4 is 4.74 Å². The molecule has 0 aliphatic rings. The Morgan fingerprint density at radius 1 is 1.57 bits per heavy atom. The Hall–Kier alpha value is -0.874. The molecule has 14 heavy (non-hydrogen) atoms. The summed E-state index contributed by atoms with van der Waals surface area (Å²) in [5, 5.41) is 9.37. The predicted octanol–water partition coefficient (Wildman–Crippen LogP) is 1.81. The number of hydrogen-bond acceptors (Lipinski definition) is 3. The van der Waals surface area contributed by atoms with Gasteiger partial charge in [-0.15, -0.1) is 0 Å². The zero-order chi connectivity index (χ0) is 9.84. The summed E-state index contributed by atoms with van der Waals surface area (Å²) in [5.74, 6) is 0.287. The van der Waals surface area contributed by atoms with E-state index < -0.39 is 0 Å². The first-order valence-corrected chi connectivity index (χ1v) is 3.91. The molecular formula is C10H11O3Os. The van der Waals surface area contributed by atoms with Crippen LogP contribution >= 0.6 is 0 Å². The van der Waals surface area contributed by atoms with Gasteiger partial charge in [0.1, 0.15) is 11.5 Å². The normalized spacial score (nSPS) is 9.00. The number of hydrogen-bond donors (Lipinski definition) is 1. The van der Waals surface area contributed by atoms with Crippen molar-refractivity contribution in [2.45, 2.75) is 6.92 Å². The largest absolute Gasteiger partial charge is 1.00 e. The minimum atomic E-state index is -0.168. The summed E-state index contributed by atoms with van der Waals surface area (Å²) in [6.45, 7) is 5.19. The van der Waals surface area contributed by atoms with Crippen LogP contribution in [0.4, 0.5) is 0 Å². The fourth-order valence-corrected chi connectivity index (χ4v) is 1.02. The van der Waals surface area contributed by atoms with Gasteiger partial charge in [0.2, 0.25) is 0 Å². The van der Waals surface area contributed by atoms with Crippen molar-refractivity contribution >= 4 is 5.78 Å². The van der Waals surface area contributed by atoms with Gasteiger partial charge in [-0.2, -0.15) is 0 Å². The predicted molar refractivity (Wildman–Crippen MR) is 49.0 cm³/mol. The van der Waals surface area contributed by atoms with Crippen LogP contribution in [0.15, 0.2) is 18.2 Å². The number of rotatable bonds is 3. The third-order valence-electron chi connectivity index (χ3n) is 1.62. The summed E-state index contributed by atoms with van der Waals surface area (Å²) in [5.41, 5.74) is 0.302. The van der Waals surface area contributed by atoms with Crippen LogP contribution in [0.3, 0.4) is 0 Å². The number of ketones is 1. The van der Waals surface area contributed by atoms with Crippen molar-refractivity contribution in [3.8, 4) is 11.5 Å². The fraction of sp³-hybridized carbons (Fsp3) is 0.200. The van der Waals surface area contributed by atoms with E-state index in [1.807, 2.05) is 0 Å². The molecule has 0 unspecified atom stereocenters. The van der Waals surface area contributed by atoms with Crippen molar-refractivity contribution in [1.29, 1.82) is 0 Å². The Kier molecular flexibility index (Phi) is 5.41. The van der Waals surface area contributed by atoms with Crippen molar-refractivity contribution in [3.05, 3.63) is 30.7 Å². The molecule has 0 aliphatic carbocycles. The summed E-state index contributed by atoms with van der Waals surface area (Å²) in [6, 6.07) is 4.56. The number of carbonyl (C=O) groups excluding carboxylic acids is 1. The van der Waals surface area contributed by atoms with Crippen LogP contribution in [0, 0.1) is 6.92 Å². The molecular weight excluding hydrogens is 358 g/mol. The average molecular weight is 369 g/mol. The number of Topliss-reactive ketones (excluding diaryl/α,β-unsaturated/α-hetero) is 1. The van der Waals surface area contributed by atoms with E-state index in [1.54, 1.807) is 6.07 Å². The smallest absolute Gasteiger partial charge is 0.525 e. The van der Waals surface area contributed by atoms with E-state index in [0.29, 0.717) is 17.9 Å². The number of phenolic OH excluding ortho intramolecular Hbond substituents is 1. The van der Waals surface area contributed by atoms with Crippen molar-refractivity contribution < 1.29 is 34.4 Å². The summed E-state index contributed by atoms with van der Waals surface area (Å²) in [6.07, 6.45) is 0. The second kappa shape index (κ2) is 5.77. The van der Waals surface area contributed by atoms with Gasteiger partial charge in [-0.1, -0.05) is 0 Å². The molecule has 1 aromatic carbocycles. The molecule has 1 aromatic rings. The van der Waals surface area contributed by atoms with Crippen LogP contribution in [-0.4, -0.2) is 17.5 Å². The van der Waals surface area contributed by atoms with E-state index in [1.165, 1.54) is 19.1 Å². The Bertz CT molecular complexity index is 323. The molecule has 0 saturated heterocycles. The molecule has 0 aliphatic heterocycles. The van der Waals surface area contributed by atoms with Gasteiger partial charge in [-0.25, -0.2) is 0 Å². The molecule has 0 heterocycles. The molecule has 77 valence electrons. The molecule has 0 saturated carbocycles. The summed E-state index contributed by atoms with van der Waals surface area (Å²) >= 11 is 0. The van der Waals surface area contributed by atoms with Crippen molar-refractivity contribution in [2.75, 3.05) is 6.61 Å². The van der Waals surface area contributed by atoms with Gasteiger partial charge in [-0.05, 0) is 25.7 Å². The second-order valence-electron chi connectivity index (χ2n) is 2.58. The standard InChI is InChI=1S/C10H11O3.Os/c1-3-13-8-4-5-9(7(2)11)10(12)6-8;/h4-6,12H,1,3H2,2H3;/q-1;+1. The van der Waals surface area contributed by atoms with Crippen LogP contribution in [0.25, 0.3) is 0 Å². The molecule has 3 nitrogen and oxygen atoms in total. The molecule has 1 N–H and O–H groups in total. The van der Waals surface area contributed by atoms with Gasteiger partial charge < -0.3 is 16.8 Å². The minimum Gasteiger partial charge on any atom is -0.525 e. The van der Waals surface area contributed by atoms with Gasteiger partial charge in [0.15, 0.2) is 5.78 Å². The number of aromatic hydroxyl groups is 1. The molecule has 0 aromatic heterocycles. The Morgan fingerprint density at radius 2 is 2.21 bits per heavy atom. The quantitative estimate of drug-likeness (QED) is 0.653. The summed E-state index contributed by atoms with van der Waals surface area (Å²) in [7, 11) is 0. The topological polar surface area (TPSA) is 46.5 Å². The van der Waals surface area contributed by atoms with Crippen LogP contribution in [0.2, 0.25) is 0 Å². The minimum absolute atomic E-state index is 0. The average Bonchev–Trinajstić information content (AvgIpc) is 2.04. The van der Waals surface area contributed by atoms with Crippen molar-refractivity contribution in [3.63, 3.8) is 0 Å². The zero-order valence-electron chi connectivity index (χ0n) is 7.76. The first kappa shape index (κ1) is 13.1. The third-order valence-corrected chi connectivity index (χ3v) is 1.62. The van der Waals surface area contributed by atoms with Crippen molar-refractivity contribution in [2.24, 2.45) is 0 Å². The van der Waals surface area contributed by atoms with Gasteiger partial charge in [-0.3, -0.25) is 4.79 Å². The fourth-order valence-electron chi connectivity index (χ4n) is 1.02. The van der Waals surface area contributed by atoms with E-state index in [9.17, 15) is 9.90 Å². The van der Waals surface area contributed by atoms with E-state index in [4.69, 9.17) is 4.74 Å². The second-order valence-corrected chi connectivity index (χ2v) is 2.58. The van der Waals surface area contributed by atoms with E-state index in [0.717, 1.165) is 0 Å². The monoisotopic (exact) mass is 371 g/mol. The van der Waals surface area contributed by atoms with Gasteiger partial charge in [0.25, 0.3) is 0 Å². The zero-order valence-corrected chi connectivity index (χ0v) is 10.3. The molecule has 0 spiro atoms. The van der Waals surface area contributed by atoms with Crippen LogP contribution in [0.5, 0.6) is 11.5 Å². The maximum absolute atomic E-state index is 10.9. The third kappa shape index (κ3) is 3.12. The SMILES string of the molecule is [CH2-]COc1ccc(C(C)=O)c(O)c1.[Os+]. The number of benzene rings is 1. The molecule has 0 atom stereocenters. The van der Waals surface area contributed by atoms with Gasteiger partial charge >= 0.3 is 19.8 Å². The van der Waals surface area contributed by atoms with Gasteiger partial charge in [0.05, 0.1) is 5.56 Å². The number of phenols is 1. The van der Waals surface area contributed by atoms with E-state index in [-0.39, 0.29) is 31.3 Å². The Balaban J connectivity index is 0.00000169. The molecule has 4 heteroatoms. The van der Waals surface area contributed by atoms with Gasteiger partial charge in [0, 0.05) is 6.07 Å². The van der Waals surface area contributed by atoms with Crippen molar-refractivity contribution in [1.82, 2.24) is 0 Å². The Labute approximate surface area is 96.1 Å². The summed E-state index contributed by atoms with van der Waals surface area (Å²) < 4.78 is 5.04. The molecule has 1 radical (unpaired) electrons. The number of ether oxygens (including phenoxy) is 1. The number of carbonyl (C=O) groups is 1. The van der Waals surface area contributed by atoms with Crippen LogP contribution in [-0.2, 0) is 19.8 Å². The van der Waals surface area contributed by atoms with E-state index >= 15 is 0 Å². The molecule has 0 bridgehead atoms. The maximum atomic E-state index is 10.9. The Morgan fingerprint density at radius 3 is 2.64 bits per heavy atom. The first-order valence-electron chi connectivity index (χ1n) is 3.91. The summed E-state index contributed by atoms with van der Waals surface area (Å²) in [4.78, 5) is 10.9. The molecule has 1 rings (SSSR count). The molecule has 0 fully saturated rings. The first-order chi connectivity index (χ1) is 6.15. The molecule has 0 amide bonds. The van der Waals surface area contributed by atoms with Crippen LogP contribution in [0.1, 0.15) is 17.3 Å². The van der Waals surface area contributed by atoms with E-state index in [2.05, 4.69) is 6.92 Å².